The van der Waals surface area contributed by atoms with Crippen molar-refractivity contribution in [2.45, 2.75) is 4.90 Å². The van der Waals surface area contributed by atoms with E-state index in [0.717, 1.165) is 21.3 Å². The van der Waals surface area contributed by atoms with E-state index >= 15 is 0 Å². The van der Waals surface area contributed by atoms with Crippen molar-refractivity contribution in [2.24, 2.45) is 7.05 Å². The molecule has 30 heavy (non-hydrogen) atoms. The Hall–Kier alpha value is -3.28. The predicted molar refractivity (Wildman–Crippen MR) is 117 cm³/mol. The minimum absolute atomic E-state index is 0.236. The molecule has 8 heteroatoms. The maximum absolute atomic E-state index is 13.5. The average Bonchev–Trinajstić information content (AvgIpc) is 3.39. The lowest BCUT2D eigenvalue weighted by molar-refractivity contribution is 0.316. The highest BCUT2D eigenvalue weighted by Gasteiger charge is 2.31. The SMILES string of the molecule is Cn1ccc2cc(S(=O)(=O)N3CCOc4ccc(-c5ccc(C#N)s5)cc43)ccc21. The van der Waals surface area contributed by atoms with Gasteiger partial charge in [-0.1, -0.05) is 0 Å². The maximum atomic E-state index is 13.5. The molecular formula is C22H17N3O3S2. The van der Waals surface area contributed by atoms with Crippen LogP contribution in [0.4, 0.5) is 5.69 Å². The molecule has 2 aromatic heterocycles. The summed E-state index contributed by atoms with van der Waals surface area (Å²) in [5, 5.41) is 9.97. The monoisotopic (exact) mass is 435 g/mol. The minimum atomic E-state index is -3.76. The van der Waals surface area contributed by atoms with Gasteiger partial charge in [0, 0.05) is 29.0 Å². The lowest BCUT2D eigenvalue weighted by atomic mass is 10.1. The second-order valence-electron chi connectivity index (χ2n) is 7.03. The third kappa shape index (κ3) is 2.95. The van der Waals surface area contributed by atoms with Gasteiger partial charge in [0.15, 0.2) is 0 Å². The second-order valence-corrected chi connectivity index (χ2v) is 9.98. The van der Waals surface area contributed by atoms with Gasteiger partial charge in [0.05, 0.1) is 17.1 Å². The van der Waals surface area contributed by atoms with Crippen LogP contribution in [-0.2, 0) is 17.1 Å². The van der Waals surface area contributed by atoms with Crippen LogP contribution < -0.4 is 9.04 Å². The Labute approximate surface area is 178 Å². The van der Waals surface area contributed by atoms with Crippen molar-refractivity contribution in [1.82, 2.24) is 4.57 Å². The maximum Gasteiger partial charge on any atom is 0.264 e. The second kappa shape index (κ2) is 6.90. The van der Waals surface area contributed by atoms with Gasteiger partial charge in [-0.05, 0) is 60.2 Å². The number of aryl methyl sites for hydroxylation is 1. The molecule has 150 valence electrons. The van der Waals surface area contributed by atoms with E-state index in [1.807, 2.05) is 48.1 Å². The van der Waals surface area contributed by atoms with E-state index in [-0.39, 0.29) is 18.0 Å². The summed E-state index contributed by atoms with van der Waals surface area (Å²) in [4.78, 5) is 1.77. The van der Waals surface area contributed by atoms with Crippen molar-refractivity contribution in [3.63, 3.8) is 0 Å². The van der Waals surface area contributed by atoms with Gasteiger partial charge in [0.1, 0.15) is 23.3 Å². The quantitative estimate of drug-likeness (QED) is 0.479. The number of aromatic nitrogens is 1. The molecule has 0 saturated heterocycles. The molecule has 0 N–H and O–H groups in total. The van der Waals surface area contributed by atoms with Crippen LogP contribution in [-0.4, -0.2) is 26.1 Å². The van der Waals surface area contributed by atoms with Crippen LogP contribution in [0.25, 0.3) is 21.3 Å². The summed E-state index contributed by atoms with van der Waals surface area (Å²) in [7, 11) is -1.83. The van der Waals surface area contributed by atoms with Crippen LogP contribution in [0.1, 0.15) is 4.88 Å². The third-order valence-corrected chi connectivity index (χ3v) is 8.07. The van der Waals surface area contributed by atoms with E-state index in [9.17, 15) is 8.42 Å². The van der Waals surface area contributed by atoms with Crippen molar-refractivity contribution < 1.29 is 13.2 Å². The van der Waals surface area contributed by atoms with Gasteiger partial charge in [-0.25, -0.2) is 8.42 Å². The number of ether oxygens (including phenoxy) is 1. The molecule has 0 atom stereocenters. The van der Waals surface area contributed by atoms with Gasteiger partial charge in [-0.2, -0.15) is 5.26 Å². The molecule has 1 aliphatic heterocycles. The highest BCUT2D eigenvalue weighted by molar-refractivity contribution is 7.92. The van der Waals surface area contributed by atoms with Gasteiger partial charge in [0.2, 0.25) is 0 Å². The zero-order valence-corrected chi connectivity index (χ0v) is 17.7. The largest absolute Gasteiger partial charge is 0.489 e. The highest BCUT2D eigenvalue weighted by Crippen LogP contribution is 2.40. The van der Waals surface area contributed by atoms with Crippen LogP contribution in [0.5, 0.6) is 5.75 Å². The molecule has 2 aromatic carbocycles. The summed E-state index contributed by atoms with van der Waals surface area (Å²) >= 11 is 1.37. The summed E-state index contributed by atoms with van der Waals surface area (Å²) in [6.07, 6.45) is 1.91. The normalized spacial score (nSPS) is 13.7. The molecule has 6 nitrogen and oxygen atoms in total. The molecule has 1 aliphatic rings. The number of nitrogens with zero attached hydrogens (tertiary/aromatic N) is 3. The lowest BCUT2D eigenvalue weighted by Gasteiger charge is -2.31. The summed E-state index contributed by atoms with van der Waals surface area (Å²) in [6, 6.07) is 18.4. The van der Waals surface area contributed by atoms with Gasteiger partial charge in [0.25, 0.3) is 10.0 Å². The first-order valence-corrected chi connectivity index (χ1v) is 11.6. The third-order valence-electron chi connectivity index (χ3n) is 5.22. The smallest absolute Gasteiger partial charge is 0.264 e. The number of thiophene rings is 1. The van der Waals surface area contributed by atoms with Crippen molar-refractivity contribution >= 4 is 38.0 Å². The van der Waals surface area contributed by atoms with Gasteiger partial charge in [-0.3, -0.25) is 4.31 Å². The standard InChI is InChI=1S/C22H17N3O3S2/c1-24-9-8-15-12-18(4-5-19(15)24)30(26,27)25-10-11-28-21-6-2-16(13-20(21)25)22-7-3-17(14-23)29-22/h2-9,12-13H,10-11H2,1H3. The molecule has 0 bridgehead atoms. The van der Waals surface area contributed by atoms with Crippen molar-refractivity contribution in [3.05, 3.63) is 65.7 Å². The van der Waals surface area contributed by atoms with Crippen molar-refractivity contribution in [3.8, 4) is 22.3 Å². The molecule has 0 amide bonds. The molecule has 5 rings (SSSR count). The Kier molecular flexibility index (Phi) is 4.31. The summed E-state index contributed by atoms with van der Waals surface area (Å²) in [6.45, 7) is 0.524. The number of benzene rings is 2. The zero-order chi connectivity index (χ0) is 20.9. The van der Waals surface area contributed by atoms with Gasteiger partial charge >= 0.3 is 0 Å². The minimum Gasteiger partial charge on any atom is -0.489 e. The van der Waals surface area contributed by atoms with Crippen LogP contribution in [0.3, 0.4) is 0 Å². The molecule has 4 aromatic rings. The molecule has 0 radical (unpaired) electrons. The number of sulfonamides is 1. The summed E-state index contributed by atoms with van der Waals surface area (Å²) < 4.78 is 36.1. The van der Waals surface area contributed by atoms with Crippen molar-refractivity contribution in [1.29, 1.82) is 5.26 Å². The molecule has 0 saturated carbocycles. The Morgan fingerprint density at radius 3 is 2.77 bits per heavy atom. The summed E-state index contributed by atoms with van der Waals surface area (Å²) in [5.41, 5.74) is 2.34. The topological polar surface area (TPSA) is 75.3 Å². The number of rotatable bonds is 3. The van der Waals surface area contributed by atoms with Crippen molar-refractivity contribution in [2.75, 3.05) is 17.5 Å². The number of fused-ring (bicyclic) bond motifs is 2. The van der Waals surface area contributed by atoms with E-state index in [0.29, 0.717) is 16.3 Å². The first kappa shape index (κ1) is 18.7. The fraction of sp³-hybridized carbons (Fsp3) is 0.136. The van der Waals surface area contributed by atoms with Crippen LogP contribution in [0.15, 0.2) is 65.7 Å². The van der Waals surface area contributed by atoms with Crippen LogP contribution >= 0.6 is 11.3 Å². The van der Waals surface area contributed by atoms with E-state index in [2.05, 4.69) is 6.07 Å². The number of hydrogen-bond donors (Lipinski definition) is 0. The Balaban J connectivity index is 1.60. The molecule has 0 aliphatic carbocycles. The van der Waals surface area contributed by atoms with E-state index in [1.165, 1.54) is 15.6 Å². The fourth-order valence-corrected chi connectivity index (χ4v) is 5.98. The van der Waals surface area contributed by atoms with Crippen LogP contribution in [0, 0.1) is 11.3 Å². The first-order chi connectivity index (χ1) is 14.5. The zero-order valence-electron chi connectivity index (χ0n) is 16.1. The predicted octanol–water partition coefficient (Wildman–Crippen LogP) is 4.37. The number of nitriles is 1. The molecular weight excluding hydrogens is 418 g/mol. The van der Waals surface area contributed by atoms with E-state index in [1.54, 1.807) is 24.3 Å². The van der Waals surface area contributed by atoms with E-state index < -0.39 is 10.0 Å². The molecule has 0 fully saturated rings. The average molecular weight is 436 g/mol. The summed E-state index contributed by atoms with van der Waals surface area (Å²) in [5.74, 6) is 0.534. The Morgan fingerprint density at radius 2 is 1.97 bits per heavy atom. The Bertz CT molecular complexity index is 1430. The van der Waals surface area contributed by atoms with Crippen LogP contribution in [0.2, 0.25) is 0 Å². The Morgan fingerprint density at radius 1 is 1.10 bits per heavy atom. The molecule has 0 spiro atoms. The first-order valence-electron chi connectivity index (χ1n) is 9.32. The number of anilines is 1. The molecule has 0 unspecified atom stereocenters. The lowest BCUT2D eigenvalue weighted by Crippen LogP contribution is -2.37. The fourth-order valence-electron chi connectivity index (χ4n) is 3.70. The molecule has 3 heterocycles. The number of hydrogen-bond acceptors (Lipinski definition) is 5. The van der Waals surface area contributed by atoms with Gasteiger partial charge < -0.3 is 9.30 Å². The highest BCUT2D eigenvalue weighted by atomic mass is 32.2. The van der Waals surface area contributed by atoms with E-state index in [4.69, 9.17) is 10.00 Å². The van der Waals surface area contributed by atoms with Gasteiger partial charge in [-0.15, -0.1) is 11.3 Å².